The second kappa shape index (κ2) is 2.30. The van der Waals surface area contributed by atoms with E-state index in [-0.39, 0.29) is 0 Å². The molecule has 0 aliphatic heterocycles. The topological polar surface area (TPSA) is 44.1 Å². The third-order valence-corrected chi connectivity index (χ3v) is 0.941. The quantitative estimate of drug-likeness (QED) is 0.522. The first-order chi connectivity index (χ1) is 4.34. The number of aryl methyl sites for hydroxylation is 1. The van der Waals surface area contributed by atoms with Crippen molar-refractivity contribution in [3.8, 4) is 5.88 Å². The lowest BCUT2D eigenvalue weighted by Crippen LogP contribution is -1.94. The van der Waals surface area contributed by atoms with Gasteiger partial charge >= 0.3 is 0 Å². The molecule has 0 N–H and O–H groups in total. The van der Waals surface area contributed by atoms with Gasteiger partial charge in [0.05, 0.1) is 12.5 Å². The van der Waals surface area contributed by atoms with Gasteiger partial charge in [0.2, 0.25) is 5.88 Å². The maximum Gasteiger partial charge on any atom is 0.299 e. The van der Waals surface area contributed by atoms with E-state index in [1.54, 1.807) is 17.9 Å². The summed E-state index contributed by atoms with van der Waals surface area (Å²) in [6, 6.07) is 0. The van der Waals surface area contributed by atoms with Crippen molar-refractivity contribution in [2.75, 3.05) is 0 Å². The number of carbonyl (C=O) groups excluding carboxylic acids is 1. The Labute approximate surface area is 52.1 Å². The Morgan fingerprint density at radius 1 is 1.89 bits per heavy atom. The molecule has 1 aromatic heterocycles. The van der Waals surface area contributed by atoms with E-state index < -0.39 is 0 Å². The molecule has 1 heterocycles. The Bertz CT molecular complexity index is 206. The molecule has 0 aromatic carbocycles. The standard InChI is InChI=1S/C5H6N2O2/c1-7-3-6-2-5(7)9-4-8/h2-4H,1H3. The smallest absolute Gasteiger partial charge is 0.299 e. The molecule has 0 aliphatic carbocycles. The van der Waals surface area contributed by atoms with Gasteiger partial charge in [-0.1, -0.05) is 0 Å². The number of carbonyl (C=O) groups is 1. The Balaban J connectivity index is 2.80. The first kappa shape index (κ1) is 5.81. The Morgan fingerprint density at radius 2 is 2.67 bits per heavy atom. The minimum absolute atomic E-state index is 0.372. The number of rotatable bonds is 2. The van der Waals surface area contributed by atoms with Gasteiger partial charge in [-0.15, -0.1) is 0 Å². The van der Waals surface area contributed by atoms with Gasteiger partial charge in [0, 0.05) is 7.05 Å². The molecule has 0 aliphatic rings. The second-order valence-electron chi connectivity index (χ2n) is 1.56. The highest BCUT2D eigenvalue weighted by Gasteiger charge is 1.94. The summed E-state index contributed by atoms with van der Waals surface area (Å²) in [6.07, 6.45) is 3.02. The lowest BCUT2D eigenvalue weighted by Gasteiger charge is -1.94. The zero-order chi connectivity index (χ0) is 6.69. The normalized spacial score (nSPS) is 9.00. The minimum atomic E-state index is 0.372. The lowest BCUT2D eigenvalue weighted by atomic mass is 10.8. The molecule has 1 rings (SSSR count). The van der Waals surface area contributed by atoms with Crippen LogP contribution in [0.15, 0.2) is 12.5 Å². The predicted molar refractivity (Wildman–Crippen MR) is 29.9 cm³/mol. The maximum absolute atomic E-state index is 9.76. The van der Waals surface area contributed by atoms with Gasteiger partial charge < -0.3 is 9.30 Å². The van der Waals surface area contributed by atoms with Crippen LogP contribution in [0.4, 0.5) is 0 Å². The molecule has 0 radical (unpaired) electrons. The fourth-order valence-electron chi connectivity index (χ4n) is 0.508. The van der Waals surface area contributed by atoms with Gasteiger partial charge in [0.1, 0.15) is 0 Å². The van der Waals surface area contributed by atoms with Gasteiger partial charge in [-0.2, -0.15) is 0 Å². The first-order valence-electron chi connectivity index (χ1n) is 2.41. The number of ether oxygens (including phenoxy) is 1. The molecule has 0 fully saturated rings. The van der Waals surface area contributed by atoms with Crippen LogP contribution in [0.1, 0.15) is 0 Å². The molecule has 0 amide bonds. The van der Waals surface area contributed by atoms with Crippen molar-refractivity contribution in [2.45, 2.75) is 0 Å². The van der Waals surface area contributed by atoms with Crippen molar-refractivity contribution in [1.29, 1.82) is 0 Å². The van der Waals surface area contributed by atoms with Crippen LogP contribution in [-0.4, -0.2) is 16.0 Å². The molecule has 0 bridgehead atoms. The van der Waals surface area contributed by atoms with Crippen LogP contribution in [0.3, 0.4) is 0 Å². The Hall–Kier alpha value is -1.32. The largest absolute Gasteiger partial charge is 0.410 e. The number of hydrogen-bond donors (Lipinski definition) is 0. The summed E-state index contributed by atoms with van der Waals surface area (Å²) >= 11 is 0. The van der Waals surface area contributed by atoms with Crippen molar-refractivity contribution in [1.82, 2.24) is 9.55 Å². The monoisotopic (exact) mass is 126 g/mol. The van der Waals surface area contributed by atoms with Crippen LogP contribution in [0.25, 0.3) is 0 Å². The van der Waals surface area contributed by atoms with E-state index >= 15 is 0 Å². The molecule has 4 heteroatoms. The molecule has 48 valence electrons. The zero-order valence-electron chi connectivity index (χ0n) is 4.94. The molecule has 9 heavy (non-hydrogen) atoms. The van der Waals surface area contributed by atoms with Gasteiger partial charge in [-0.3, -0.25) is 4.79 Å². The second-order valence-corrected chi connectivity index (χ2v) is 1.56. The molecule has 0 atom stereocenters. The number of hydrogen-bond acceptors (Lipinski definition) is 3. The number of aromatic nitrogens is 2. The van der Waals surface area contributed by atoms with Gasteiger partial charge in [-0.25, -0.2) is 4.98 Å². The minimum Gasteiger partial charge on any atom is -0.410 e. The highest BCUT2D eigenvalue weighted by molar-refractivity contribution is 5.42. The average Bonchev–Trinajstić information content (AvgIpc) is 2.18. The summed E-state index contributed by atoms with van der Waals surface area (Å²) in [5.41, 5.74) is 0. The van der Waals surface area contributed by atoms with E-state index in [2.05, 4.69) is 9.72 Å². The van der Waals surface area contributed by atoms with E-state index in [0.29, 0.717) is 12.4 Å². The SMILES string of the molecule is Cn1cncc1OC=O. The van der Waals surface area contributed by atoms with Gasteiger partial charge in [-0.05, 0) is 0 Å². The summed E-state index contributed by atoms with van der Waals surface area (Å²) in [4.78, 5) is 13.5. The van der Waals surface area contributed by atoms with E-state index in [9.17, 15) is 4.79 Å². The van der Waals surface area contributed by atoms with E-state index in [4.69, 9.17) is 0 Å². The summed E-state index contributed by atoms with van der Waals surface area (Å²) in [5.74, 6) is 0.449. The predicted octanol–water partition coefficient (Wildman–Crippen LogP) is -0.0447. The molecule has 0 saturated heterocycles. The number of nitrogens with zero attached hydrogens (tertiary/aromatic N) is 2. The lowest BCUT2D eigenvalue weighted by molar-refractivity contribution is -0.121. The van der Waals surface area contributed by atoms with Crippen LogP contribution in [0.5, 0.6) is 5.88 Å². The zero-order valence-corrected chi connectivity index (χ0v) is 4.94. The molecule has 1 aromatic rings. The summed E-state index contributed by atoms with van der Waals surface area (Å²) in [6.45, 7) is 0.372. The van der Waals surface area contributed by atoms with Crippen LogP contribution in [-0.2, 0) is 11.8 Å². The van der Waals surface area contributed by atoms with E-state index in [0.717, 1.165) is 0 Å². The summed E-state index contributed by atoms with van der Waals surface area (Å²) in [7, 11) is 1.74. The fraction of sp³-hybridized carbons (Fsp3) is 0.200. The highest BCUT2D eigenvalue weighted by atomic mass is 16.5. The van der Waals surface area contributed by atoms with Gasteiger partial charge in [0.25, 0.3) is 6.47 Å². The van der Waals surface area contributed by atoms with Crippen molar-refractivity contribution < 1.29 is 9.53 Å². The molecule has 0 spiro atoms. The summed E-state index contributed by atoms with van der Waals surface area (Å²) in [5, 5.41) is 0. The van der Waals surface area contributed by atoms with Crippen LogP contribution in [0.2, 0.25) is 0 Å². The van der Waals surface area contributed by atoms with Crippen molar-refractivity contribution in [3.63, 3.8) is 0 Å². The molecule has 0 saturated carbocycles. The molecule has 4 nitrogen and oxygen atoms in total. The van der Waals surface area contributed by atoms with Crippen molar-refractivity contribution in [2.24, 2.45) is 7.05 Å². The molecular weight excluding hydrogens is 120 g/mol. The van der Waals surface area contributed by atoms with Crippen molar-refractivity contribution in [3.05, 3.63) is 12.5 Å². The fourth-order valence-corrected chi connectivity index (χ4v) is 0.508. The van der Waals surface area contributed by atoms with Crippen LogP contribution in [0, 0.1) is 0 Å². The Morgan fingerprint density at radius 3 is 3.11 bits per heavy atom. The van der Waals surface area contributed by atoms with Crippen LogP contribution >= 0.6 is 0 Å². The third-order valence-electron chi connectivity index (χ3n) is 0.941. The number of imidazole rings is 1. The Kier molecular flexibility index (Phi) is 1.48. The maximum atomic E-state index is 9.76. The summed E-state index contributed by atoms with van der Waals surface area (Å²) < 4.78 is 6.10. The van der Waals surface area contributed by atoms with Crippen LogP contribution < -0.4 is 4.74 Å². The third kappa shape index (κ3) is 1.07. The highest BCUT2D eigenvalue weighted by Crippen LogP contribution is 2.03. The average molecular weight is 126 g/mol. The first-order valence-corrected chi connectivity index (χ1v) is 2.41. The van der Waals surface area contributed by atoms with E-state index in [1.807, 2.05) is 0 Å². The molecular formula is C5H6N2O2. The van der Waals surface area contributed by atoms with Crippen molar-refractivity contribution >= 4 is 6.47 Å². The molecule has 0 unspecified atom stereocenters. The van der Waals surface area contributed by atoms with Gasteiger partial charge in [0.15, 0.2) is 0 Å². The van der Waals surface area contributed by atoms with E-state index in [1.165, 1.54) is 6.20 Å².